The molecule has 4 heterocycles. The fraction of sp³-hybridized carbons (Fsp3) is 0.489. The zero-order valence-electron chi connectivity index (χ0n) is 37.3. The smallest absolute Gasteiger partial charge is 0.409 e. The summed E-state index contributed by atoms with van der Waals surface area (Å²) in [6.07, 6.45) is 0.366. The van der Waals surface area contributed by atoms with Gasteiger partial charge in [-0.15, -0.1) is 0 Å². The number of carbonyl (C=O) groups is 4. The van der Waals surface area contributed by atoms with Crippen molar-refractivity contribution < 1.29 is 28.7 Å². The first kappa shape index (κ1) is 43.2. The molecule has 4 amide bonds. The monoisotopic (exact) mass is 832 g/mol. The second-order valence-electron chi connectivity index (χ2n) is 18.0. The van der Waals surface area contributed by atoms with Gasteiger partial charge in [-0.3, -0.25) is 14.5 Å². The lowest BCUT2D eigenvalue weighted by molar-refractivity contribution is -0.139. The summed E-state index contributed by atoms with van der Waals surface area (Å²) in [5.74, 6) is 1.54. The van der Waals surface area contributed by atoms with Crippen LogP contribution in [0, 0.1) is 37.5 Å². The molecule has 324 valence electrons. The molecule has 2 aromatic heterocycles. The van der Waals surface area contributed by atoms with Crippen LogP contribution in [0.3, 0.4) is 0 Å². The molecule has 7 rings (SSSR count). The van der Waals surface area contributed by atoms with Gasteiger partial charge in [0.2, 0.25) is 11.8 Å². The number of hydrogen-bond acceptors (Lipinski definition) is 8. The Hall–Kier alpha value is -5.92. The molecule has 0 aliphatic carbocycles. The highest BCUT2D eigenvalue weighted by Crippen LogP contribution is 2.39. The van der Waals surface area contributed by atoms with Crippen LogP contribution in [-0.4, -0.2) is 105 Å². The van der Waals surface area contributed by atoms with Crippen LogP contribution in [-0.2, 0) is 19.1 Å². The molecular formula is C47H60N8O6. The van der Waals surface area contributed by atoms with E-state index in [-0.39, 0.29) is 47.6 Å². The van der Waals surface area contributed by atoms with E-state index in [1.807, 2.05) is 43.6 Å². The van der Waals surface area contributed by atoms with Gasteiger partial charge in [0.25, 0.3) is 0 Å². The van der Waals surface area contributed by atoms with E-state index in [4.69, 9.17) is 19.4 Å². The van der Waals surface area contributed by atoms with Crippen LogP contribution in [0.2, 0.25) is 0 Å². The van der Waals surface area contributed by atoms with E-state index >= 15 is 0 Å². The number of methoxy groups -OCH3 is 2. The van der Waals surface area contributed by atoms with Crippen molar-refractivity contribution in [2.24, 2.45) is 23.7 Å². The average Bonchev–Trinajstić information content (AvgIpc) is 4.03. The maximum atomic E-state index is 14.1. The fourth-order valence-electron chi connectivity index (χ4n) is 9.44. The largest absolute Gasteiger partial charge is 0.453 e. The first-order valence-electron chi connectivity index (χ1n) is 21.4. The Labute approximate surface area is 357 Å². The van der Waals surface area contributed by atoms with E-state index in [0.717, 1.165) is 79.9 Å². The van der Waals surface area contributed by atoms with Crippen molar-refractivity contribution in [3.8, 4) is 22.3 Å². The lowest BCUT2D eigenvalue weighted by atomic mass is 9.91. The van der Waals surface area contributed by atoms with E-state index in [9.17, 15) is 19.2 Å². The number of aryl methyl sites for hydroxylation is 2. The number of aromatic nitrogens is 4. The summed E-state index contributed by atoms with van der Waals surface area (Å²) >= 11 is 0. The van der Waals surface area contributed by atoms with Crippen LogP contribution < -0.4 is 5.32 Å². The molecule has 61 heavy (non-hydrogen) atoms. The second kappa shape index (κ2) is 17.2. The number of imidazole rings is 2. The molecule has 2 fully saturated rings. The summed E-state index contributed by atoms with van der Waals surface area (Å²) in [6.45, 7) is 17.4. The van der Waals surface area contributed by atoms with Crippen LogP contribution in [0.5, 0.6) is 0 Å². The van der Waals surface area contributed by atoms with Crippen molar-refractivity contribution in [2.45, 2.75) is 92.4 Å². The van der Waals surface area contributed by atoms with E-state index in [1.54, 1.807) is 7.05 Å². The molecule has 0 unspecified atom stereocenters. The normalized spacial score (nSPS) is 20.1. The number of amides is 4. The number of likely N-dealkylation sites (tertiary alicyclic amines) is 2. The molecule has 6 atom stereocenters. The Balaban J connectivity index is 1.13. The molecule has 3 aromatic carbocycles. The summed E-state index contributed by atoms with van der Waals surface area (Å²) in [5, 5.41) is 2.73. The maximum absolute atomic E-state index is 14.1. The second-order valence-corrected chi connectivity index (χ2v) is 18.0. The van der Waals surface area contributed by atoms with E-state index in [2.05, 4.69) is 85.4 Å². The van der Waals surface area contributed by atoms with Gasteiger partial charge < -0.3 is 34.6 Å². The summed E-state index contributed by atoms with van der Waals surface area (Å²) < 4.78 is 9.77. The highest BCUT2D eigenvalue weighted by molar-refractivity contribution is 5.89. The average molecular weight is 833 g/mol. The fourth-order valence-corrected chi connectivity index (χ4v) is 9.44. The molecule has 0 bridgehead atoms. The number of rotatable bonds is 10. The Bertz CT molecular complexity index is 2470. The molecule has 14 nitrogen and oxygen atoms in total. The number of nitrogens with zero attached hydrogens (tertiary/aromatic N) is 5. The van der Waals surface area contributed by atoms with Crippen molar-refractivity contribution in [3.63, 3.8) is 0 Å². The summed E-state index contributed by atoms with van der Waals surface area (Å²) in [4.78, 5) is 74.7. The van der Waals surface area contributed by atoms with Crippen LogP contribution in [0.4, 0.5) is 9.59 Å². The first-order valence-corrected chi connectivity index (χ1v) is 21.4. The van der Waals surface area contributed by atoms with Crippen molar-refractivity contribution in [1.29, 1.82) is 0 Å². The number of aromatic amines is 2. The molecule has 0 saturated carbocycles. The molecule has 2 aliphatic rings. The first-order chi connectivity index (χ1) is 29.0. The molecule has 2 saturated heterocycles. The molecule has 14 heteroatoms. The van der Waals surface area contributed by atoms with Crippen molar-refractivity contribution in [1.82, 2.24) is 40.0 Å². The van der Waals surface area contributed by atoms with Gasteiger partial charge in [0.15, 0.2) is 0 Å². The number of ether oxygens (including phenoxy) is 2. The SMILES string of the molecule is COC(=O)N[C@H](C(=O)N1C[C@@H](C)C[C@H]1c1nc2cc(-c3cc(C)c(-c4ccc5[nH]c([C@@H]6C[C@H](C)CN6C(=O)[C@H](C(C)C)N(C)C(=O)OC)nc5c4)cc3C)ccc2[nH]1)C(C)C. The number of carbonyl (C=O) groups excluding carboxylic acids is 4. The zero-order valence-corrected chi connectivity index (χ0v) is 37.3. The van der Waals surface area contributed by atoms with Crippen LogP contribution >= 0.6 is 0 Å². The van der Waals surface area contributed by atoms with E-state index in [1.165, 1.54) is 19.1 Å². The molecule has 3 N–H and O–H groups in total. The van der Waals surface area contributed by atoms with E-state index in [0.29, 0.717) is 13.1 Å². The molecule has 0 radical (unpaired) electrons. The Kier molecular flexibility index (Phi) is 12.2. The van der Waals surface area contributed by atoms with Gasteiger partial charge in [0.05, 0.1) is 48.4 Å². The predicted molar refractivity (Wildman–Crippen MR) is 236 cm³/mol. The summed E-state index contributed by atoms with van der Waals surface area (Å²) in [6, 6.07) is 15.1. The van der Waals surface area contributed by atoms with Gasteiger partial charge in [-0.2, -0.15) is 0 Å². The highest BCUT2D eigenvalue weighted by atomic mass is 16.5. The number of benzene rings is 3. The van der Waals surface area contributed by atoms with Crippen molar-refractivity contribution >= 4 is 46.1 Å². The number of hydrogen-bond donors (Lipinski definition) is 3. The van der Waals surface area contributed by atoms with Gasteiger partial charge in [-0.25, -0.2) is 19.6 Å². The molecule has 5 aromatic rings. The third-order valence-corrected chi connectivity index (χ3v) is 12.6. The van der Waals surface area contributed by atoms with Gasteiger partial charge in [0.1, 0.15) is 23.7 Å². The minimum atomic E-state index is -0.709. The van der Waals surface area contributed by atoms with Crippen LogP contribution in [0.1, 0.15) is 89.2 Å². The number of fused-ring (bicyclic) bond motifs is 2. The molecular weight excluding hydrogens is 773 g/mol. The Morgan fingerprint density at radius 2 is 1.20 bits per heavy atom. The van der Waals surface area contributed by atoms with Crippen molar-refractivity contribution in [2.75, 3.05) is 34.4 Å². The number of H-pyrrole nitrogens is 2. The molecule has 0 spiro atoms. The number of alkyl carbamates (subject to hydrolysis) is 1. The van der Waals surface area contributed by atoms with Gasteiger partial charge in [-0.05, 0) is 108 Å². The van der Waals surface area contributed by atoms with Gasteiger partial charge in [0, 0.05) is 20.1 Å². The minimum absolute atomic E-state index is 0.107. The number of nitrogens with one attached hydrogen (secondary N) is 3. The van der Waals surface area contributed by atoms with Crippen molar-refractivity contribution in [3.05, 3.63) is 71.3 Å². The Morgan fingerprint density at radius 1 is 0.721 bits per heavy atom. The summed E-state index contributed by atoms with van der Waals surface area (Å²) in [7, 11) is 4.24. The third-order valence-electron chi connectivity index (χ3n) is 12.6. The topological polar surface area (TPSA) is 166 Å². The highest BCUT2D eigenvalue weighted by Gasteiger charge is 2.43. The van der Waals surface area contributed by atoms with Gasteiger partial charge in [-0.1, -0.05) is 65.8 Å². The predicted octanol–water partition coefficient (Wildman–Crippen LogP) is 8.31. The van der Waals surface area contributed by atoms with Gasteiger partial charge >= 0.3 is 12.2 Å². The van der Waals surface area contributed by atoms with Crippen LogP contribution in [0.15, 0.2) is 48.5 Å². The van der Waals surface area contributed by atoms with Crippen LogP contribution in [0.25, 0.3) is 44.3 Å². The minimum Gasteiger partial charge on any atom is -0.453 e. The quantitative estimate of drug-likeness (QED) is 0.126. The molecule has 2 aliphatic heterocycles. The lowest BCUT2D eigenvalue weighted by Gasteiger charge is -2.34. The summed E-state index contributed by atoms with van der Waals surface area (Å²) in [5.41, 5.74) is 9.96. The number of likely N-dealkylation sites (N-methyl/N-ethyl adjacent to an activating group) is 1. The lowest BCUT2D eigenvalue weighted by Crippen LogP contribution is -2.52. The van der Waals surface area contributed by atoms with E-state index < -0.39 is 24.3 Å². The standard InChI is InChI=1S/C47H60N8O6/c1-24(2)40(52-46(58)60-10)44(56)54-22-26(5)16-38(54)42-48-34-14-12-30(20-36(34)50-42)32-18-29(8)33(19-28(32)7)31-13-15-35-37(21-31)51-43(49-35)39-17-27(6)23-55(39)45(57)41(25(3)4)53(9)47(59)61-11/h12-15,18-21,24-27,38-41H,16-17,22-23H2,1-11H3,(H,48,50)(H,49,51)(H,52,58)/t26-,27-,38-,39-,40-,41-/m0/s1. The Morgan fingerprint density at radius 3 is 1.62 bits per heavy atom. The zero-order chi connectivity index (χ0) is 44.0. The third kappa shape index (κ3) is 8.41. The maximum Gasteiger partial charge on any atom is 0.409 e.